The summed E-state index contributed by atoms with van der Waals surface area (Å²) in [4.78, 5) is 34.9. The highest BCUT2D eigenvalue weighted by molar-refractivity contribution is 5.95. The summed E-state index contributed by atoms with van der Waals surface area (Å²) in [5, 5.41) is 4.19. The number of unbranched alkanes of at least 4 members (excludes halogenated alkanes) is 4. The molecular weight excluding hydrogens is 448 g/mol. The van der Waals surface area contributed by atoms with E-state index < -0.39 is 6.04 Å². The molecule has 2 aromatic carbocycles. The summed E-state index contributed by atoms with van der Waals surface area (Å²) < 4.78 is 0. The molecule has 1 aromatic heterocycles. The normalized spacial score (nSPS) is 15.1. The predicted octanol–water partition coefficient (Wildman–Crippen LogP) is 6.64. The van der Waals surface area contributed by atoms with Crippen LogP contribution in [0.15, 0.2) is 48.5 Å². The molecule has 6 nitrogen and oxygen atoms in total. The number of aryl methyl sites for hydroxylation is 1. The quantitative estimate of drug-likeness (QED) is 0.314. The van der Waals surface area contributed by atoms with Crippen molar-refractivity contribution < 1.29 is 9.59 Å². The Balaban J connectivity index is 1.64. The van der Waals surface area contributed by atoms with E-state index in [1.54, 1.807) is 4.90 Å². The standard InChI is InChI=1S/C30H40N4O2/c1-4-6-10-17-33(18-11-7-5-2)29(35)28-20-25-24-15-8-9-16-26(24)32-27(25)21-34(28)30(36)31-23-14-12-13-22(3)19-23/h8-9,12-16,19,28,32H,4-7,10-11,17-18,20-21H2,1-3H3,(H,31,36). The third-order valence-corrected chi connectivity index (χ3v) is 7.19. The number of aromatic nitrogens is 1. The van der Waals surface area contributed by atoms with E-state index >= 15 is 0 Å². The zero-order chi connectivity index (χ0) is 25.5. The van der Waals surface area contributed by atoms with E-state index in [1.165, 1.54) is 0 Å². The molecule has 0 aliphatic carbocycles. The highest BCUT2D eigenvalue weighted by atomic mass is 16.2. The second kappa shape index (κ2) is 12.1. The maximum absolute atomic E-state index is 14.1. The SMILES string of the molecule is CCCCCN(CCCCC)C(=O)C1Cc2c([nH]c3ccccc23)CN1C(=O)Nc1cccc(C)c1. The first-order valence-corrected chi connectivity index (χ1v) is 13.5. The molecular formula is C30H40N4O2. The fraction of sp³-hybridized carbons (Fsp3) is 0.467. The highest BCUT2D eigenvalue weighted by Gasteiger charge is 2.38. The van der Waals surface area contributed by atoms with Crippen LogP contribution in [0.1, 0.15) is 69.2 Å². The van der Waals surface area contributed by atoms with E-state index in [1.807, 2.05) is 48.2 Å². The molecule has 0 radical (unpaired) electrons. The number of benzene rings is 2. The van der Waals surface area contributed by atoms with Crippen molar-refractivity contribution in [1.82, 2.24) is 14.8 Å². The molecule has 1 atom stereocenters. The first-order chi connectivity index (χ1) is 17.5. The number of carbonyl (C=O) groups excluding carboxylic acids is 2. The summed E-state index contributed by atoms with van der Waals surface area (Å²) in [6.07, 6.45) is 6.95. The maximum Gasteiger partial charge on any atom is 0.322 e. The summed E-state index contributed by atoms with van der Waals surface area (Å²) in [6, 6.07) is 15.2. The first kappa shape index (κ1) is 25.8. The molecule has 3 amide bonds. The number of hydrogen-bond acceptors (Lipinski definition) is 2. The molecule has 2 N–H and O–H groups in total. The van der Waals surface area contributed by atoms with Gasteiger partial charge >= 0.3 is 6.03 Å². The van der Waals surface area contributed by atoms with Gasteiger partial charge in [-0.3, -0.25) is 4.79 Å². The van der Waals surface area contributed by atoms with Crippen LogP contribution in [-0.4, -0.2) is 45.9 Å². The van der Waals surface area contributed by atoms with Crippen molar-refractivity contribution in [2.75, 3.05) is 18.4 Å². The molecule has 1 aliphatic heterocycles. The predicted molar refractivity (Wildman–Crippen MR) is 147 cm³/mol. The fourth-order valence-electron chi connectivity index (χ4n) is 5.21. The van der Waals surface area contributed by atoms with Crippen molar-refractivity contribution in [2.45, 2.75) is 78.3 Å². The lowest BCUT2D eigenvalue weighted by Gasteiger charge is -2.38. The van der Waals surface area contributed by atoms with Crippen molar-refractivity contribution in [1.29, 1.82) is 0 Å². The van der Waals surface area contributed by atoms with E-state index in [4.69, 9.17) is 0 Å². The van der Waals surface area contributed by atoms with Gasteiger partial charge in [0.05, 0.1) is 6.54 Å². The van der Waals surface area contributed by atoms with Crippen LogP contribution < -0.4 is 5.32 Å². The van der Waals surface area contributed by atoms with Crippen molar-refractivity contribution in [3.63, 3.8) is 0 Å². The van der Waals surface area contributed by atoms with Crippen LogP contribution in [-0.2, 0) is 17.8 Å². The van der Waals surface area contributed by atoms with Crippen LogP contribution in [0.4, 0.5) is 10.5 Å². The third-order valence-electron chi connectivity index (χ3n) is 7.19. The summed E-state index contributed by atoms with van der Waals surface area (Å²) in [5.74, 6) is 0.0672. The smallest absolute Gasteiger partial charge is 0.322 e. The van der Waals surface area contributed by atoms with E-state index in [2.05, 4.69) is 36.3 Å². The van der Waals surface area contributed by atoms with Gasteiger partial charge in [-0.25, -0.2) is 4.79 Å². The molecule has 3 aromatic rings. The van der Waals surface area contributed by atoms with Gasteiger partial charge in [-0.15, -0.1) is 0 Å². The van der Waals surface area contributed by atoms with Gasteiger partial charge in [0.2, 0.25) is 5.91 Å². The Morgan fingerprint density at radius 3 is 2.42 bits per heavy atom. The lowest BCUT2D eigenvalue weighted by atomic mass is 9.95. The van der Waals surface area contributed by atoms with Gasteiger partial charge in [0.15, 0.2) is 0 Å². The van der Waals surface area contributed by atoms with E-state index in [9.17, 15) is 9.59 Å². The van der Waals surface area contributed by atoms with E-state index in [-0.39, 0.29) is 11.9 Å². The molecule has 0 saturated heterocycles. The number of aromatic amines is 1. The Morgan fingerprint density at radius 1 is 1.00 bits per heavy atom. The number of urea groups is 1. The average Bonchev–Trinajstić information content (AvgIpc) is 3.24. The van der Waals surface area contributed by atoms with Crippen molar-refractivity contribution in [2.24, 2.45) is 0 Å². The lowest BCUT2D eigenvalue weighted by Crippen LogP contribution is -2.55. The van der Waals surface area contributed by atoms with Gasteiger partial charge in [-0.1, -0.05) is 69.9 Å². The Labute approximate surface area is 215 Å². The molecule has 2 heterocycles. The molecule has 1 unspecified atom stereocenters. The van der Waals surface area contributed by atoms with Crippen LogP contribution in [0.2, 0.25) is 0 Å². The van der Waals surface area contributed by atoms with Crippen molar-refractivity contribution in [3.05, 3.63) is 65.4 Å². The Hall–Kier alpha value is -3.28. The number of fused-ring (bicyclic) bond motifs is 3. The van der Waals surface area contributed by atoms with Crippen LogP contribution >= 0.6 is 0 Å². The number of anilines is 1. The summed E-state index contributed by atoms with van der Waals surface area (Å²) in [6.45, 7) is 8.25. The molecule has 0 bridgehead atoms. The number of H-pyrrole nitrogens is 1. The van der Waals surface area contributed by atoms with Crippen LogP contribution in [0.25, 0.3) is 10.9 Å². The largest absolute Gasteiger partial charge is 0.357 e. The molecule has 4 rings (SSSR count). The summed E-state index contributed by atoms with van der Waals surface area (Å²) >= 11 is 0. The van der Waals surface area contributed by atoms with Crippen molar-refractivity contribution >= 4 is 28.5 Å². The summed E-state index contributed by atoms with van der Waals surface area (Å²) in [5.41, 5.74) is 5.05. The van der Waals surface area contributed by atoms with Crippen LogP contribution in [0, 0.1) is 6.92 Å². The second-order valence-electron chi connectivity index (χ2n) is 10.0. The second-order valence-corrected chi connectivity index (χ2v) is 10.0. The fourth-order valence-corrected chi connectivity index (χ4v) is 5.21. The van der Waals surface area contributed by atoms with Gasteiger partial charge in [-0.05, 0) is 49.1 Å². The molecule has 0 spiro atoms. The number of nitrogens with one attached hydrogen (secondary N) is 2. The van der Waals surface area contributed by atoms with Gasteiger partial charge in [-0.2, -0.15) is 0 Å². The minimum Gasteiger partial charge on any atom is -0.357 e. The monoisotopic (exact) mass is 488 g/mol. The zero-order valence-electron chi connectivity index (χ0n) is 22.0. The molecule has 36 heavy (non-hydrogen) atoms. The molecule has 0 fully saturated rings. The number of hydrogen-bond donors (Lipinski definition) is 2. The number of para-hydroxylation sites is 1. The van der Waals surface area contributed by atoms with Gasteiger partial charge < -0.3 is 20.1 Å². The number of carbonyl (C=O) groups is 2. The highest BCUT2D eigenvalue weighted by Crippen LogP contribution is 2.31. The minimum absolute atomic E-state index is 0.0672. The molecule has 6 heteroatoms. The maximum atomic E-state index is 14.1. The topological polar surface area (TPSA) is 68.4 Å². The summed E-state index contributed by atoms with van der Waals surface area (Å²) in [7, 11) is 0. The first-order valence-electron chi connectivity index (χ1n) is 13.5. The number of amides is 3. The Kier molecular flexibility index (Phi) is 8.68. The van der Waals surface area contributed by atoms with Crippen LogP contribution in [0.3, 0.4) is 0 Å². The van der Waals surface area contributed by atoms with E-state index in [0.29, 0.717) is 13.0 Å². The van der Waals surface area contributed by atoms with Gasteiger partial charge in [0, 0.05) is 41.8 Å². The van der Waals surface area contributed by atoms with E-state index in [0.717, 1.165) is 85.0 Å². The number of rotatable bonds is 10. The van der Waals surface area contributed by atoms with Gasteiger partial charge in [0.25, 0.3) is 0 Å². The molecule has 192 valence electrons. The average molecular weight is 489 g/mol. The van der Waals surface area contributed by atoms with Crippen LogP contribution in [0.5, 0.6) is 0 Å². The molecule has 1 aliphatic rings. The zero-order valence-corrected chi connectivity index (χ0v) is 22.0. The van der Waals surface area contributed by atoms with Gasteiger partial charge in [0.1, 0.15) is 6.04 Å². The molecule has 0 saturated carbocycles. The Morgan fingerprint density at radius 2 is 1.72 bits per heavy atom. The lowest BCUT2D eigenvalue weighted by molar-refractivity contribution is -0.136. The third kappa shape index (κ3) is 5.92. The minimum atomic E-state index is -0.523. The van der Waals surface area contributed by atoms with Crippen molar-refractivity contribution in [3.8, 4) is 0 Å². The number of nitrogens with zero attached hydrogens (tertiary/aromatic N) is 2. The Bertz CT molecular complexity index is 1170.